The van der Waals surface area contributed by atoms with Crippen molar-refractivity contribution in [2.75, 3.05) is 60.0 Å². The van der Waals surface area contributed by atoms with Crippen LogP contribution in [0.4, 0.5) is 52.7 Å². The number of carbonyl (C=O) groups is 3. The van der Waals surface area contributed by atoms with Gasteiger partial charge in [-0.2, -0.15) is 52.7 Å². The Labute approximate surface area is 455 Å². The van der Waals surface area contributed by atoms with Crippen molar-refractivity contribution < 1.29 is 104 Å². The van der Waals surface area contributed by atoms with Crippen LogP contribution in [-0.2, 0) is 87.2 Å². The van der Waals surface area contributed by atoms with E-state index in [0.717, 1.165) is 29.9 Å². The lowest BCUT2D eigenvalue weighted by Gasteiger charge is -2.44. The average Bonchev–Trinajstić information content (AvgIpc) is 3.98. The molecule has 0 bridgehead atoms. The van der Waals surface area contributed by atoms with Crippen molar-refractivity contribution in [2.24, 2.45) is 0 Å². The minimum Gasteiger partial charge on any atom is -0.469 e. The molecule has 0 aromatic heterocycles. The van der Waals surface area contributed by atoms with Crippen molar-refractivity contribution in [3.63, 3.8) is 0 Å². The van der Waals surface area contributed by atoms with E-state index >= 15 is 0 Å². The predicted molar refractivity (Wildman–Crippen MR) is 269 cm³/mol. The van der Waals surface area contributed by atoms with Crippen molar-refractivity contribution in [1.29, 1.82) is 0 Å². The van der Waals surface area contributed by atoms with Crippen molar-refractivity contribution in [1.82, 2.24) is 0 Å². The van der Waals surface area contributed by atoms with Crippen LogP contribution in [0.25, 0.3) is 0 Å². The lowest BCUT2D eigenvalue weighted by molar-refractivity contribution is -0.145. The molecule has 11 nitrogen and oxygen atoms in total. The third-order valence-electron chi connectivity index (χ3n) is 12.9. The summed E-state index contributed by atoms with van der Waals surface area (Å²) in [6, 6.07) is 21.1. The molecule has 3 fully saturated rings. The van der Waals surface area contributed by atoms with E-state index in [1.165, 1.54) is 47.0 Å². The normalized spacial score (nSPS) is 17.8. The SMILES string of the molecule is C1CCOC1.CCOP(=O)(CC(=O)OC)OCC.COC(=O)C=C1CC(CO[C@H](C)c2cc(C(F)(F)F)cc(C(F)(F)F)c2)(c2ccccc2)C1.C[C@@H](OCC1(c2ccccc2)CC(=O)C1)c1cc(C(F)(F)F)cc(C(F)(F)F)c1. The van der Waals surface area contributed by atoms with E-state index in [2.05, 4.69) is 9.47 Å². The smallest absolute Gasteiger partial charge is 0.416 e. The molecule has 442 valence electrons. The summed E-state index contributed by atoms with van der Waals surface area (Å²) < 4.78 is 204. The van der Waals surface area contributed by atoms with E-state index in [0.29, 0.717) is 37.1 Å². The zero-order valence-corrected chi connectivity index (χ0v) is 45.5. The number of hydrogen-bond donors (Lipinski definition) is 0. The Kier molecular flexibility index (Phi) is 24.2. The largest absolute Gasteiger partial charge is 0.469 e. The van der Waals surface area contributed by atoms with Crippen LogP contribution in [-0.4, -0.2) is 77.7 Å². The fourth-order valence-electron chi connectivity index (χ4n) is 8.65. The lowest BCUT2D eigenvalue weighted by Crippen LogP contribution is -2.45. The molecule has 24 heteroatoms. The van der Waals surface area contributed by atoms with Gasteiger partial charge >= 0.3 is 44.2 Å². The molecular formula is C56H63F12O11P. The number of halogens is 12. The molecule has 0 spiro atoms. The number of Topliss-reactive ketones (excluding diaryl/α,β-unsaturated/α-hetero) is 1. The summed E-state index contributed by atoms with van der Waals surface area (Å²) in [5.41, 5.74) is -4.55. The second kappa shape index (κ2) is 28.9. The van der Waals surface area contributed by atoms with Gasteiger partial charge in [-0.15, -0.1) is 0 Å². The number of alkyl halides is 12. The highest BCUT2D eigenvalue weighted by molar-refractivity contribution is 7.54. The Morgan fingerprint density at radius 1 is 0.588 bits per heavy atom. The van der Waals surface area contributed by atoms with Gasteiger partial charge in [0.05, 0.1) is 75.1 Å². The Balaban J connectivity index is 0.000000265. The van der Waals surface area contributed by atoms with Crippen LogP contribution in [0.5, 0.6) is 0 Å². The van der Waals surface area contributed by atoms with Gasteiger partial charge in [-0.05, 0) is 112 Å². The van der Waals surface area contributed by atoms with Crippen LogP contribution in [0.3, 0.4) is 0 Å². The fourth-order valence-corrected chi connectivity index (χ4v) is 10.1. The van der Waals surface area contributed by atoms with E-state index in [1.807, 2.05) is 48.5 Å². The molecule has 0 unspecified atom stereocenters. The molecule has 1 aliphatic heterocycles. The number of allylic oxidation sites excluding steroid dienone is 1. The average molecular weight is 1170 g/mol. The number of hydrogen-bond acceptors (Lipinski definition) is 11. The molecule has 0 amide bonds. The maximum Gasteiger partial charge on any atom is 0.416 e. The predicted octanol–water partition coefficient (Wildman–Crippen LogP) is 15.0. The number of rotatable bonds is 17. The summed E-state index contributed by atoms with van der Waals surface area (Å²) in [6.45, 7) is 8.73. The first-order valence-corrected chi connectivity index (χ1v) is 26.8. The molecule has 0 radical (unpaired) electrons. The molecule has 2 atom stereocenters. The van der Waals surface area contributed by atoms with Gasteiger partial charge in [0, 0.05) is 43.0 Å². The van der Waals surface area contributed by atoms with Crippen molar-refractivity contribution >= 4 is 25.3 Å². The summed E-state index contributed by atoms with van der Waals surface area (Å²) in [6.07, 6.45) is -16.8. The summed E-state index contributed by atoms with van der Waals surface area (Å²) >= 11 is 0. The van der Waals surface area contributed by atoms with Gasteiger partial charge in [0.25, 0.3) is 0 Å². The molecule has 2 aliphatic carbocycles. The van der Waals surface area contributed by atoms with Gasteiger partial charge in [-0.25, -0.2) is 4.79 Å². The highest BCUT2D eigenvalue weighted by Crippen LogP contribution is 2.50. The van der Waals surface area contributed by atoms with Crippen LogP contribution in [0.2, 0.25) is 0 Å². The van der Waals surface area contributed by atoms with Gasteiger partial charge in [0.15, 0.2) is 0 Å². The second-order valence-electron chi connectivity index (χ2n) is 18.9. The minimum absolute atomic E-state index is 0.0154. The van der Waals surface area contributed by atoms with Gasteiger partial charge in [-0.3, -0.25) is 14.2 Å². The van der Waals surface area contributed by atoms with Crippen LogP contribution >= 0.6 is 7.60 Å². The van der Waals surface area contributed by atoms with E-state index in [-0.39, 0.29) is 74.5 Å². The molecule has 80 heavy (non-hydrogen) atoms. The highest BCUT2D eigenvalue weighted by atomic mass is 31.2. The summed E-state index contributed by atoms with van der Waals surface area (Å²) in [7, 11) is -0.778. The topological polar surface area (TPSA) is 133 Å². The lowest BCUT2D eigenvalue weighted by atomic mass is 9.62. The second-order valence-corrected chi connectivity index (χ2v) is 21.0. The third-order valence-corrected chi connectivity index (χ3v) is 14.9. The maximum absolute atomic E-state index is 13.2. The quantitative estimate of drug-likeness (QED) is 0.0433. The van der Waals surface area contributed by atoms with Gasteiger partial charge in [-0.1, -0.05) is 66.2 Å². The molecule has 1 saturated heterocycles. The van der Waals surface area contributed by atoms with Crippen LogP contribution in [0.1, 0.15) is 123 Å². The number of ketones is 1. The van der Waals surface area contributed by atoms with Crippen LogP contribution in [0, 0.1) is 0 Å². The molecule has 4 aromatic carbocycles. The van der Waals surface area contributed by atoms with Crippen molar-refractivity contribution in [3.8, 4) is 0 Å². The van der Waals surface area contributed by atoms with Crippen LogP contribution in [0.15, 0.2) is 109 Å². The Morgan fingerprint density at radius 2 is 0.950 bits per heavy atom. The Hall–Kier alpha value is -5.58. The van der Waals surface area contributed by atoms with E-state index < -0.39 is 89.5 Å². The first-order valence-electron chi connectivity index (χ1n) is 25.1. The zero-order valence-electron chi connectivity index (χ0n) is 44.6. The molecular weight excluding hydrogens is 1110 g/mol. The summed E-state index contributed by atoms with van der Waals surface area (Å²) in [5, 5.41) is 0. The highest BCUT2D eigenvalue weighted by Gasteiger charge is 2.46. The van der Waals surface area contributed by atoms with E-state index in [9.17, 15) is 71.6 Å². The standard InChI is InChI=1S/C24H22F6O3.C21H18F6O2.C7H15O5P.C4H8O/c1-15(17-9-19(23(25,26)27)11-20(10-17)24(28,29)30)33-14-22(18-6-4-3-5-7-18)12-16(13-22)8-21(31)32-2;1-13(14-7-16(20(22,23)24)9-17(8-14)21(25,26)27)29-12-19(10-18(28)11-19)15-5-3-2-4-6-15;1-4-11-13(9,12-5-2)6-7(8)10-3;1-2-4-5-3-1/h3-11,15H,12-14H2,1-2H3;2-9,13H,10-12H2,1H3;4-6H2,1-3H3;1-4H2/t15-,22?;13-;;/m11../s1. The summed E-state index contributed by atoms with van der Waals surface area (Å²) in [4.78, 5) is 34.0. The first kappa shape index (κ1) is 66.9. The van der Waals surface area contributed by atoms with Gasteiger partial charge < -0.3 is 32.7 Å². The summed E-state index contributed by atoms with van der Waals surface area (Å²) in [5.74, 6) is -1.06. The Bertz CT molecular complexity index is 2620. The molecule has 3 aliphatic rings. The monoisotopic (exact) mass is 1170 g/mol. The van der Waals surface area contributed by atoms with Crippen molar-refractivity contribution in [3.05, 3.63) is 153 Å². The fraction of sp³-hybridized carbons (Fsp3) is 0.482. The van der Waals surface area contributed by atoms with Gasteiger partial charge in [0.1, 0.15) is 11.9 Å². The zero-order chi connectivity index (χ0) is 59.7. The number of ether oxygens (including phenoxy) is 5. The number of methoxy groups -OCH3 is 2. The molecule has 7 rings (SSSR count). The van der Waals surface area contributed by atoms with Gasteiger partial charge in [0.2, 0.25) is 0 Å². The van der Waals surface area contributed by atoms with E-state index in [4.69, 9.17) is 23.3 Å². The molecule has 2 saturated carbocycles. The number of esters is 2. The van der Waals surface area contributed by atoms with Crippen molar-refractivity contribution in [2.45, 2.75) is 114 Å². The van der Waals surface area contributed by atoms with Crippen LogP contribution < -0.4 is 0 Å². The number of carbonyl (C=O) groups excluding carboxylic acids is 3. The molecule has 4 aromatic rings. The Morgan fingerprint density at radius 3 is 1.24 bits per heavy atom. The maximum atomic E-state index is 13.2. The third kappa shape index (κ3) is 19.8. The number of benzene rings is 4. The molecule has 0 N–H and O–H groups in total. The first-order chi connectivity index (χ1) is 37.3. The minimum atomic E-state index is -4.93. The molecule has 1 heterocycles. The van der Waals surface area contributed by atoms with E-state index in [1.54, 1.807) is 26.0 Å².